The first-order valence-corrected chi connectivity index (χ1v) is 12.3. The molecule has 33 heavy (non-hydrogen) atoms. The van der Waals surface area contributed by atoms with E-state index in [4.69, 9.17) is 16.6 Å². The Balaban J connectivity index is 1.30. The van der Waals surface area contributed by atoms with Crippen molar-refractivity contribution in [3.05, 3.63) is 99.3 Å². The van der Waals surface area contributed by atoms with Gasteiger partial charge in [-0.1, -0.05) is 54.1 Å². The van der Waals surface area contributed by atoms with Crippen molar-refractivity contribution in [2.75, 3.05) is 19.6 Å². The number of piperidine rings is 1. The van der Waals surface area contributed by atoms with Crippen LogP contribution in [0, 0.1) is 6.92 Å². The number of fused-ring (bicyclic) bond motifs is 1. The number of amides is 1. The lowest BCUT2D eigenvalue weighted by atomic mass is 9.89. The number of nitrogens with zero attached hydrogens (tertiary/aromatic N) is 3. The maximum Gasteiger partial charge on any atom is 0.256 e. The van der Waals surface area contributed by atoms with E-state index in [1.807, 2.05) is 42.2 Å². The molecular formula is C28H30ClN3O. The quantitative estimate of drug-likeness (QED) is 0.508. The van der Waals surface area contributed by atoms with Gasteiger partial charge in [0.15, 0.2) is 0 Å². The Morgan fingerprint density at radius 3 is 2.48 bits per heavy atom. The predicted molar refractivity (Wildman–Crippen MR) is 133 cm³/mol. The molecule has 3 aromatic rings. The normalized spacial score (nSPS) is 17.1. The summed E-state index contributed by atoms with van der Waals surface area (Å²) in [5, 5.41) is 0.830. The molecule has 0 unspecified atom stereocenters. The Hall–Kier alpha value is -2.69. The SMILES string of the molecule is Cc1ccc(C(=O)N2CCc3ccccc3C2)c(C2CCN(Cc3ccccc3Cl)CC2)n1. The van der Waals surface area contributed by atoms with Gasteiger partial charge < -0.3 is 4.90 Å². The van der Waals surface area contributed by atoms with Gasteiger partial charge in [0.1, 0.15) is 0 Å². The number of carbonyl (C=O) groups is 1. The highest BCUT2D eigenvalue weighted by Crippen LogP contribution is 2.32. The van der Waals surface area contributed by atoms with Crippen LogP contribution in [0.4, 0.5) is 0 Å². The Bertz CT molecular complexity index is 1150. The smallest absolute Gasteiger partial charge is 0.256 e. The first kappa shape index (κ1) is 22.1. The van der Waals surface area contributed by atoms with Crippen molar-refractivity contribution >= 4 is 17.5 Å². The van der Waals surface area contributed by atoms with Crippen LogP contribution < -0.4 is 0 Å². The summed E-state index contributed by atoms with van der Waals surface area (Å²) >= 11 is 6.37. The highest BCUT2D eigenvalue weighted by atomic mass is 35.5. The van der Waals surface area contributed by atoms with E-state index in [1.165, 1.54) is 16.7 Å². The fraction of sp³-hybridized carbons (Fsp3) is 0.357. The zero-order valence-electron chi connectivity index (χ0n) is 19.1. The van der Waals surface area contributed by atoms with E-state index in [0.29, 0.717) is 12.5 Å². The molecular weight excluding hydrogens is 430 g/mol. The van der Waals surface area contributed by atoms with Gasteiger partial charge in [-0.2, -0.15) is 0 Å². The highest BCUT2D eigenvalue weighted by molar-refractivity contribution is 6.31. The van der Waals surface area contributed by atoms with Gasteiger partial charge in [0, 0.05) is 36.3 Å². The van der Waals surface area contributed by atoms with Gasteiger partial charge in [0.2, 0.25) is 0 Å². The Labute approximate surface area is 201 Å². The molecule has 0 N–H and O–H groups in total. The second kappa shape index (κ2) is 9.66. The minimum atomic E-state index is 0.116. The Morgan fingerprint density at radius 1 is 0.970 bits per heavy atom. The van der Waals surface area contributed by atoms with E-state index in [1.54, 1.807) is 0 Å². The number of hydrogen-bond acceptors (Lipinski definition) is 3. The van der Waals surface area contributed by atoms with Gasteiger partial charge in [-0.25, -0.2) is 0 Å². The molecule has 1 aromatic heterocycles. The average Bonchev–Trinajstić information content (AvgIpc) is 2.85. The number of halogens is 1. The lowest BCUT2D eigenvalue weighted by Crippen LogP contribution is -2.37. The minimum absolute atomic E-state index is 0.116. The van der Waals surface area contributed by atoms with Gasteiger partial charge in [-0.3, -0.25) is 14.7 Å². The number of likely N-dealkylation sites (tertiary alicyclic amines) is 1. The third-order valence-electron chi connectivity index (χ3n) is 7.04. The van der Waals surface area contributed by atoms with Crippen LogP contribution in [0.3, 0.4) is 0 Å². The minimum Gasteiger partial charge on any atom is -0.334 e. The van der Waals surface area contributed by atoms with Crippen molar-refractivity contribution in [1.29, 1.82) is 0 Å². The summed E-state index contributed by atoms with van der Waals surface area (Å²) in [5.74, 6) is 0.425. The number of benzene rings is 2. The lowest BCUT2D eigenvalue weighted by Gasteiger charge is -2.34. The van der Waals surface area contributed by atoms with Crippen LogP contribution in [0.25, 0.3) is 0 Å². The van der Waals surface area contributed by atoms with E-state index in [0.717, 1.165) is 67.4 Å². The summed E-state index contributed by atoms with van der Waals surface area (Å²) in [6.07, 6.45) is 2.92. The van der Waals surface area contributed by atoms with E-state index in [-0.39, 0.29) is 5.91 Å². The third kappa shape index (κ3) is 4.83. The van der Waals surface area contributed by atoms with Crippen LogP contribution in [0.5, 0.6) is 0 Å². The van der Waals surface area contributed by atoms with E-state index in [2.05, 4.69) is 35.2 Å². The van der Waals surface area contributed by atoms with Crippen LogP contribution in [0.15, 0.2) is 60.7 Å². The van der Waals surface area contributed by atoms with Crippen molar-refractivity contribution in [1.82, 2.24) is 14.8 Å². The number of hydrogen-bond donors (Lipinski definition) is 0. The van der Waals surface area contributed by atoms with E-state index in [9.17, 15) is 4.79 Å². The van der Waals surface area contributed by atoms with Crippen LogP contribution >= 0.6 is 11.6 Å². The summed E-state index contributed by atoms with van der Waals surface area (Å²) in [6, 6.07) is 20.5. The molecule has 170 valence electrons. The van der Waals surface area contributed by atoms with Crippen molar-refractivity contribution in [3.63, 3.8) is 0 Å². The van der Waals surface area contributed by atoms with Gasteiger partial charge in [-0.15, -0.1) is 0 Å². The van der Waals surface area contributed by atoms with Gasteiger partial charge >= 0.3 is 0 Å². The molecule has 0 aliphatic carbocycles. The molecule has 1 fully saturated rings. The summed E-state index contributed by atoms with van der Waals surface area (Å²) in [6.45, 7) is 6.29. The van der Waals surface area contributed by atoms with Crippen molar-refractivity contribution in [3.8, 4) is 0 Å². The number of carbonyl (C=O) groups excluding carboxylic acids is 1. The van der Waals surface area contributed by atoms with E-state index < -0.39 is 0 Å². The Morgan fingerprint density at radius 2 is 1.70 bits per heavy atom. The third-order valence-corrected chi connectivity index (χ3v) is 7.41. The van der Waals surface area contributed by atoms with Gasteiger partial charge in [0.05, 0.1) is 11.3 Å². The number of pyridine rings is 1. The molecule has 5 heteroatoms. The van der Waals surface area contributed by atoms with Crippen molar-refractivity contribution in [2.45, 2.75) is 45.2 Å². The van der Waals surface area contributed by atoms with Gasteiger partial charge in [0.25, 0.3) is 5.91 Å². The summed E-state index contributed by atoms with van der Waals surface area (Å²) in [7, 11) is 0. The molecule has 2 aliphatic heterocycles. The van der Waals surface area contributed by atoms with Crippen LogP contribution in [-0.2, 0) is 19.5 Å². The molecule has 1 saturated heterocycles. The number of aromatic nitrogens is 1. The largest absolute Gasteiger partial charge is 0.334 e. The van der Waals surface area contributed by atoms with E-state index >= 15 is 0 Å². The summed E-state index contributed by atoms with van der Waals surface area (Å²) < 4.78 is 0. The molecule has 0 spiro atoms. The van der Waals surface area contributed by atoms with Crippen LogP contribution in [0.1, 0.15) is 57.2 Å². The zero-order chi connectivity index (χ0) is 22.8. The molecule has 5 rings (SSSR count). The van der Waals surface area contributed by atoms with Crippen LogP contribution in [0.2, 0.25) is 5.02 Å². The van der Waals surface area contributed by atoms with Crippen molar-refractivity contribution in [2.24, 2.45) is 0 Å². The fourth-order valence-electron chi connectivity index (χ4n) is 5.14. The maximum atomic E-state index is 13.6. The second-order valence-corrected chi connectivity index (χ2v) is 9.68. The van der Waals surface area contributed by atoms with Crippen LogP contribution in [-0.4, -0.2) is 40.3 Å². The topological polar surface area (TPSA) is 36.4 Å². The first-order valence-electron chi connectivity index (χ1n) is 11.9. The average molecular weight is 460 g/mol. The monoisotopic (exact) mass is 459 g/mol. The van der Waals surface area contributed by atoms with Crippen molar-refractivity contribution < 1.29 is 4.79 Å². The fourth-order valence-corrected chi connectivity index (χ4v) is 5.34. The predicted octanol–water partition coefficient (Wildman–Crippen LogP) is 5.62. The lowest BCUT2D eigenvalue weighted by molar-refractivity contribution is 0.0731. The standard InChI is InChI=1S/C28H30ClN3O/c1-20-10-11-25(28(33)32-17-14-21-6-2-3-7-23(21)19-32)27(30-20)22-12-15-31(16-13-22)18-24-8-4-5-9-26(24)29/h2-11,22H,12-19H2,1H3. The first-order chi connectivity index (χ1) is 16.1. The molecule has 2 aromatic carbocycles. The van der Waals surface area contributed by atoms with Gasteiger partial charge in [-0.05, 0) is 74.2 Å². The number of aryl methyl sites for hydroxylation is 1. The molecule has 0 radical (unpaired) electrons. The Kier molecular flexibility index (Phi) is 6.48. The molecule has 0 saturated carbocycles. The second-order valence-electron chi connectivity index (χ2n) is 9.27. The molecule has 0 atom stereocenters. The highest BCUT2D eigenvalue weighted by Gasteiger charge is 2.29. The molecule has 1 amide bonds. The zero-order valence-corrected chi connectivity index (χ0v) is 19.9. The maximum absolute atomic E-state index is 13.6. The molecule has 0 bridgehead atoms. The molecule has 4 nitrogen and oxygen atoms in total. The number of rotatable bonds is 4. The summed E-state index contributed by atoms with van der Waals surface area (Å²) in [4.78, 5) is 22.9. The summed E-state index contributed by atoms with van der Waals surface area (Å²) in [5.41, 5.74) is 6.53. The molecule has 3 heterocycles. The molecule has 2 aliphatic rings.